The molecule has 0 aromatic heterocycles. The molecular weight excluding hydrogens is 288 g/mol. The highest BCUT2D eigenvalue weighted by molar-refractivity contribution is 5.79. The molecule has 1 aromatic carbocycles. The fourth-order valence-corrected chi connectivity index (χ4v) is 2.48. The third-order valence-corrected chi connectivity index (χ3v) is 3.84. The van der Waals surface area contributed by atoms with Crippen LogP contribution in [0.4, 0.5) is 0 Å². The molecule has 0 spiro atoms. The molecule has 0 amide bonds. The van der Waals surface area contributed by atoms with Crippen LogP contribution in [0.1, 0.15) is 25.8 Å². The molecule has 1 atom stereocenters. The Kier molecular flexibility index (Phi) is 8.48. The molecule has 23 heavy (non-hydrogen) atoms. The van der Waals surface area contributed by atoms with E-state index in [-0.39, 0.29) is 0 Å². The molecule has 0 aliphatic rings. The zero-order chi connectivity index (χ0) is 17.2. The van der Waals surface area contributed by atoms with Gasteiger partial charge < -0.3 is 20.3 Å². The number of guanidine groups is 1. The summed E-state index contributed by atoms with van der Waals surface area (Å²) in [4.78, 5) is 6.57. The molecule has 1 unspecified atom stereocenters. The molecule has 0 radical (unpaired) electrons. The zero-order valence-corrected chi connectivity index (χ0v) is 15.4. The van der Waals surface area contributed by atoms with Crippen LogP contribution < -0.4 is 15.4 Å². The summed E-state index contributed by atoms with van der Waals surface area (Å²) in [5, 5.41) is 6.77. The van der Waals surface area contributed by atoms with Crippen molar-refractivity contribution < 1.29 is 4.74 Å². The second kappa shape index (κ2) is 10.1. The average molecular weight is 320 g/mol. The molecule has 0 heterocycles. The first-order valence-corrected chi connectivity index (χ1v) is 8.20. The molecule has 1 aromatic rings. The van der Waals surface area contributed by atoms with E-state index in [4.69, 9.17) is 4.74 Å². The van der Waals surface area contributed by atoms with E-state index in [0.29, 0.717) is 18.5 Å². The van der Waals surface area contributed by atoms with Crippen molar-refractivity contribution in [3.63, 3.8) is 0 Å². The van der Waals surface area contributed by atoms with Crippen molar-refractivity contribution in [2.75, 3.05) is 34.8 Å². The molecule has 130 valence electrons. The van der Waals surface area contributed by atoms with Crippen molar-refractivity contribution in [2.45, 2.75) is 32.9 Å². The molecule has 0 aliphatic carbocycles. The van der Waals surface area contributed by atoms with Crippen molar-refractivity contribution in [1.29, 1.82) is 0 Å². The van der Waals surface area contributed by atoms with Gasteiger partial charge in [0.1, 0.15) is 5.75 Å². The topological polar surface area (TPSA) is 48.9 Å². The van der Waals surface area contributed by atoms with Crippen LogP contribution in [0, 0.1) is 5.92 Å². The van der Waals surface area contributed by atoms with Crippen LogP contribution in [0.5, 0.6) is 5.75 Å². The smallest absolute Gasteiger partial charge is 0.191 e. The van der Waals surface area contributed by atoms with Gasteiger partial charge in [0, 0.05) is 31.7 Å². The van der Waals surface area contributed by atoms with Crippen LogP contribution in [0.15, 0.2) is 29.3 Å². The minimum Gasteiger partial charge on any atom is -0.496 e. The second-order valence-corrected chi connectivity index (χ2v) is 6.37. The second-order valence-electron chi connectivity index (χ2n) is 6.37. The number of likely N-dealkylation sites (N-methyl/N-ethyl adjacent to an activating group) is 1. The summed E-state index contributed by atoms with van der Waals surface area (Å²) >= 11 is 0. The average Bonchev–Trinajstić information content (AvgIpc) is 2.53. The number of nitrogens with one attached hydrogen (secondary N) is 2. The Hall–Kier alpha value is -1.75. The van der Waals surface area contributed by atoms with Gasteiger partial charge in [0.05, 0.1) is 7.11 Å². The largest absolute Gasteiger partial charge is 0.496 e. The molecule has 0 saturated heterocycles. The highest BCUT2D eigenvalue weighted by atomic mass is 16.5. The van der Waals surface area contributed by atoms with Crippen molar-refractivity contribution >= 4 is 5.96 Å². The Labute approximate surface area is 141 Å². The van der Waals surface area contributed by atoms with Gasteiger partial charge in [0.15, 0.2) is 5.96 Å². The predicted octanol–water partition coefficient (Wildman–Crippen LogP) is 2.34. The van der Waals surface area contributed by atoms with E-state index in [0.717, 1.165) is 30.2 Å². The standard InChI is InChI=1S/C18H32N4O/c1-14(2)11-16(22(4)5)13-21-18(19-3)20-12-15-9-7-8-10-17(15)23-6/h7-10,14,16H,11-13H2,1-6H3,(H2,19,20,21). The SMILES string of the molecule is CN=C(NCc1ccccc1OC)NCC(CC(C)C)N(C)C. The van der Waals surface area contributed by atoms with E-state index >= 15 is 0 Å². The number of methoxy groups -OCH3 is 1. The summed E-state index contributed by atoms with van der Waals surface area (Å²) in [6.45, 7) is 6.06. The summed E-state index contributed by atoms with van der Waals surface area (Å²) in [6.07, 6.45) is 1.16. The molecular formula is C18H32N4O. The van der Waals surface area contributed by atoms with Gasteiger partial charge in [-0.05, 0) is 32.5 Å². The minimum absolute atomic E-state index is 0.486. The highest BCUT2D eigenvalue weighted by Crippen LogP contribution is 2.16. The maximum atomic E-state index is 5.38. The lowest BCUT2D eigenvalue weighted by Crippen LogP contribution is -2.45. The summed E-state index contributed by atoms with van der Waals surface area (Å²) < 4.78 is 5.38. The van der Waals surface area contributed by atoms with Crippen LogP contribution in [0.2, 0.25) is 0 Å². The monoisotopic (exact) mass is 320 g/mol. The van der Waals surface area contributed by atoms with Crippen molar-refractivity contribution in [3.8, 4) is 5.75 Å². The molecule has 0 fully saturated rings. The van der Waals surface area contributed by atoms with Crippen molar-refractivity contribution in [2.24, 2.45) is 10.9 Å². The lowest BCUT2D eigenvalue weighted by molar-refractivity contribution is 0.254. The summed E-state index contributed by atoms with van der Waals surface area (Å²) in [6, 6.07) is 8.50. The first-order valence-electron chi connectivity index (χ1n) is 8.20. The Balaban J connectivity index is 2.54. The Bertz CT molecular complexity index is 486. The fraction of sp³-hybridized carbons (Fsp3) is 0.611. The van der Waals surface area contributed by atoms with Gasteiger partial charge in [0.2, 0.25) is 0 Å². The Morgan fingerprint density at radius 1 is 1.22 bits per heavy atom. The van der Waals surface area contributed by atoms with Gasteiger partial charge in [-0.3, -0.25) is 4.99 Å². The van der Waals surface area contributed by atoms with Crippen LogP contribution >= 0.6 is 0 Å². The number of ether oxygens (including phenoxy) is 1. The van der Waals surface area contributed by atoms with E-state index in [2.05, 4.69) is 54.5 Å². The number of benzene rings is 1. The third kappa shape index (κ3) is 6.91. The van der Waals surface area contributed by atoms with Gasteiger partial charge in [0.25, 0.3) is 0 Å². The highest BCUT2D eigenvalue weighted by Gasteiger charge is 2.14. The number of hydrogen-bond donors (Lipinski definition) is 2. The number of rotatable bonds is 8. The lowest BCUT2D eigenvalue weighted by atomic mass is 10.0. The van der Waals surface area contributed by atoms with E-state index in [1.807, 2.05) is 18.2 Å². The summed E-state index contributed by atoms with van der Waals surface area (Å²) in [5.74, 6) is 2.38. The van der Waals surface area contributed by atoms with Gasteiger partial charge in [-0.15, -0.1) is 0 Å². The number of hydrogen-bond acceptors (Lipinski definition) is 3. The van der Waals surface area contributed by atoms with Crippen molar-refractivity contribution in [3.05, 3.63) is 29.8 Å². The number of para-hydroxylation sites is 1. The zero-order valence-electron chi connectivity index (χ0n) is 15.4. The molecule has 0 saturated carbocycles. The first-order chi connectivity index (χ1) is 11.0. The van der Waals surface area contributed by atoms with E-state index in [1.54, 1.807) is 14.2 Å². The number of aliphatic imine (C=N–C) groups is 1. The first kappa shape index (κ1) is 19.3. The molecule has 5 heteroatoms. The molecule has 1 rings (SSSR count). The van der Waals surface area contributed by atoms with Gasteiger partial charge in [-0.1, -0.05) is 32.0 Å². The van der Waals surface area contributed by atoms with E-state index in [9.17, 15) is 0 Å². The normalized spacial score (nSPS) is 13.3. The maximum absolute atomic E-state index is 5.38. The van der Waals surface area contributed by atoms with E-state index in [1.165, 1.54) is 0 Å². The van der Waals surface area contributed by atoms with Crippen LogP contribution in [-0.2, 0) is 6.54 Å². The third-order valence-electron chi connectivity index (χ3n) is 3.84. The predicted molar refractivity (Wildman–Crippen MR) is 98.1 cm³/mol. The minimum atomic E-state index is 0.486. The van der Waals surface area contributed by atoms with Crippen LogP contribution in [-0.4, -0.2) is 51.7 Å². The Morgan fingerprint density at radius 2 is 1.91 bits per heavy atom. The van der Waals surface area contributed by atoms with Crippen LogP contribution in [0.25, 0.3) is 0 Å². The quantitative estimate of drug-likeness (QED) is 0.570. The molecule has 5 nitrogen and oxygen atoms in total. The molecule has 0 aliphatic heterocycles. The Morgan fingerprint density at radius 3 is 2.48 bits per heavy atom. The van der Waals surface area contributed by atoms with Gasteiger partial charge >= 0.3 is 0 Å². The van der Waals surface area contributed by atoms with Crippen molar-refractivity contribution in [1.82, 2.24) is 15.5 Å². The maximum Gasteiger partial charge on any atom is 0.191 e. The summed E-state index contributed by atoms with van der Waals surface area (Å²) in [7, 11) is 7.74. The number of nitrogens with zero attached hydrogens (tertiary/aromatic N) is 2. The van der Waals surface area contributed by atoms with Gasteiger partial charge in [-0.25, -0.2) is 0 Å². The molecule has 0 bridgehead atoms. The van der Waals surface area contributed by atoms with Gasteiger partial charge in [-0.2, -0.15) is 0 Å². The van der Waals surface area contributed by atoms with E-state index < -0.39 is 0 Å². The fourth-order valence-electron chi connectivity index (χ4n) is 2.48. The summed E-state index contributed by atoms with van der Waals surface area (Å²) in [5.41, 5.74) is 1.12. The lowest BCUT2D eigenvalue weighted by Gasteiger charge is -2.27. The molecule has 2 N–H and O–H groups in total. The van der Waals surface area contributed by atoms with Crippen LogP contribution in [0.3, 0.4) is 0 Å².